The summed E-state index contributed by atoms with van der Waals surface area (Å²) in [6, 6.07) is 3.99. The molecule has 3 fully saturated rings. The van der Waals surface area contributed by atoms with Gasteiger partial charge in [0.25, 0.3) is 5.91 Å². The van der Waals surface area contributed by atoms with Gasteiger partial charge in [-0.3, -0.25) is 4.79 Å². The standard InChI is InChI=1S/C24H34N4O5/c1-17-18(2)32-14-21(29)28(17)10-9-24-7-5-23(6-8-24,15-33-24)26-13-19-3-4-20-22(27-19)25-16-30-11-12-31-20/h3-4,26H,5-16H2,1-2H3,(H,25,27). The lowest BCUT2D eigenvalue weighted by atomic mass is 9.70. The largest absolute Gasteiger partial charge is 0.487 e. The molecule has 9 heteroatoms. The van der Waals surface area contributed by atoms with Gasteiger partial charge in [-0.25, -0.2) is 4.98 Å². The van der Waals surface area contributed by atoms with Crippen LogP contribution in [0.1, 0.15) is 51.6 Å². The molecule has 6 rings (SSSR count). The first kappa shape index (κ1) is 22.4. The van der Waals surface area contributed by atoms with Crippen molar-refractivity contribution in [2.75, 3.05) is 45.0 Å². The van der Waals surface area contributed by atoms with Gasteiger partial charge in [0.1, 0.15) is 19.1 Å². The van der Waals surface area contributed by atoms with Gasteiger partial charge in [0.15, 0.2) is 18.2 Å². The number of nitrogens with one attached hydrogen (secondary N) is 2. The van der Waals surface area contributed by atoms with Crippen LogP contribution in [0.3, 0.4) is 0 Å². The third-order valence-electron chi connectivity index (χ3n) is 7.58. The highest BCUT2D eigenvalue weighted by atomic mass is 16.5. The molecule has 33 heavy (non-hydrogen) atoms. The molecule has 2 N–H and O–H groups in total. The Morgan fingerprint density at radius 2 is 2.00 bits per heavy atom. The van der Waals surface area contributed by atoms with E-state index in [1.807, 2.05) is 30.9 Å². The summed E-state index contributed by atoms with van der Waals surface area (Å²) < 4.78 is 23.0. The predicted octanol–water partition coefficient (Wildman–Crippen LogP) is 2.53. The molecular formula is C24H34N4O5. The predicted molar refractivity (Wildman–Crippen MR) is 122 cm³/mol. The van der Waals surface area contributed by atoms with Crippen LogP contribution in [-0.2, 0) is 25.5 Å². The zero-order chi connectivity index (χ0) is 22.9. The number of hydrogen-bond donors (Lipinski definition) is 2. The number of aromatic nitrogens is 1. The maximum Gasteiger partial charge on any atom is 0.264 e. The fraction of sp³-hybridized carbons (Fsp3) is 0.667. The Bertz CT molecular complexity index is 909. The number of nitrogens with zero attached hydrogens (tertiary/aromatic N) is 2. The molecule has 0 spiro atoms. The Morgan fingerprint density at radius 1 is 1.15 bits per heavy atom. The Kier molecular flexibility index (Phi) is 6.20. The number of carbonyl (C=O) groups is 1. The van der Waals surface area contributed by atoms with Gasteiger partial charge in [0.05, 0.1) is 30.2 Å². The van der Waals surface area contributed by atoms with Crippen molar-refractivity contribution >= 4 is 11.7 Å². The summed E-state index contributed by atoms with van der Waals surface area (Å²) >= 11 is 0. The smallest absolute Gasteiger partial charge is 0.264 e. The molecule has 2 bridgehead atoms. The molecule has 1 aromatic rings. The first-order valence-corrected chi connectivity index (χ1v) is 11.9. The molecular weight excluding hydrogens is 424 g/mol. The van der Waals surface area contributed by atoms with E-state index in [0.29, 0.717) is 39.6 Å². The van der Waals surface area contributed by atoms with Crippen molar-refractivity contribution in [3.05, 3.63) is 29.3 Å². The summed E-state index contributed by atoms with van der Waals surface area (Å²) in [5.41, 5.74) is 1.74. The number of pyridine rings is 1. The minimum Gasteiger partial charge on any atom is -0.487 e. The van der Waals surface area contributed by atoms with Gasteiger partial charge < -0.3 is 34.5 Å². The Labute approximate surface area is 194 Å². The Hall–Kier alpha value is -2.36. The van der Waals surface area contributed by atoms with E-state index < -0.39 is 0 Å². The second kappa shape index (κ2) is 9.12. The summed E-state index contributed by atoms with van der Waals surface area (Å²) in [5, 5.41) is 6.92. The quantitative estimate of drug-likeness (QED) is 0.672. The number of carbonyl (C=O) groups excluding carboxylic acids is 1. The van der Waals surface area contributed by atoms with Crippen LogP contribution in [0.4, 0.5) is 5.82 Å². The number of rotatable bonds is 6. The number of hydrogen-bond acceptors (Lipinski definition) is 8. The van der Waals surface area contributed by atoms with Gasteiger partial charge in [0, 0.05) is 18.6 Å². The molecule has 1 aromatic heterocycles. The molecule has 0 atom stereocenters. The van der Waals surface area contributed by atoms with Crippen LogP contribution in [0.5, 0.6) is 5.75 Å². The van der Waals surface area contributed by atoms with E-state index >= 15 is 0 Å². The normalized spacial score (nSPS) is 29.5. The highest BCUT2D eigenvalue weighted by Gasteiger charge is 2.49. The van der Waals surface area contributed by atoms with E-state index in [0.717, 1.165) is 60.8 Å². The van der Waals surface area contributed by atoms with Crippen molar-refractivity contribution in [1.29, 1.82) is 0 Å². The summed E-state index contributed by atoms with van der Waals surface area (Å²) in [7, 11) is 0. The average molecular weight is 459 g/mol. The maximum absolute atomic E-state index is 12.3. The molecule has 0 radical (unpaired) electrons. The van der Waals surface area contributed by atoms with Gasteiger partial charge in [0.2, 0.25) is 0 Å². The molecule has 2 saturated heterocycles. The van der Waals surface area contributed by atoms with Crippen molar-refractivity contribution < 1.29 is 23.7 Å². The fourth-order valence-corrected chi connectivity index (χ4v) is 5.16. The SMILES string of the molecule is CC1=C(C)N(CCC23CCC(NCc4ccc5c(n4)NCOCCO5)(CC2)CO3)C(=O)CO1. The Morgan fingerprint density at radius 3 is 2.79 bits per heavy atom. The minimum atomic E-state index is -0.127. The molecule has 0 aromatic carbocycles. The van der Waals surface area contributed by atoms with Gasteiger partial charge in [-0.1, -0.05) is 0 Å². The lowest BCUT2D eigenvalue weighted by Gasteiger charge is -2.54. The topological polar surface area (TPSA) is 94.2 Å². The van der Waals surface area contributed by atoms with Crippen molar-refractivity contribution in [2.24, 2.45) is 0 Å². The lowest BCUT2D eigenvalue weighted by Crippen LogP contribution is -2.62. The zero-order valence-corrected chi connectivity index (χ0v) is 19.6. The molecule has 5 heterocycles. The average Bonchev–Trinajstić information content (AvgIpc) is 2.82. The minimum absolute atomic E-state index is 0.0120. The second-order valence-electron chi connectivity index (χ2n) is 9.56. The number of anilines is 1. The lowest BCUT2D eigenvalue weighted by molar-refractivity contribution is -0.168. The molecule has 0 unspecified atom stereocenters. The van der Waals surface area contributed by atoms with E-state index in [4.69, 9.17) is 23.9 Å². The van der Waals surface area contributed by atoms with Gasteiger partial charge in [-0.05, 0) is 58.1 Å². The van der Waals surface area contributed by atoms with E-state index in [2.05, 4.69) is 10.6 Å². The molecule has 1 saturated carbocycles. The van der Waals surface area contributed by atoms with E-state index in [1.165, 1.54) is 0 Å². The first-order valence-electron chi connectivity index (χ1n) is 11.9. The van der Waals surface area contributed by atoms with Gasteiger partial charge >= 0.3 is 0 Å². The third-order valence-corrected chi connectivity index (χ3v) is 7.58. The van der Waals surface area contributed by atoms with Crippen LogP contribution >= 0.6 is 0 Å². The molecule has 9 nitrogen and oxygen atoms in total. The van der Waals surface area contributed by atoms with Crippen molar-refractivity contribution in [3.8, 4) is 5.75 Å². The fourth-order valence-electron chi connectivity index (χ4n) is 5.16. The van der Waals surface area contributed by atoms with E-state index in [9.17, 15) is 4.79 Å². The maximum atomic E-state index is 12.3. The van der Waals surface area contributed by atoms with Gasteiger partial charge in [-0.2, -0.15) is 0 Å². The summed E-state index contributed by atoms with van der Waals surface area (Å²) in [4.78, 5) is 18.9. The molecule has 4 aliphatic heterocycles. The Balaban J connectivity index is 1.16. The third kappa shape index (κ3) is 4.67. The van der Waals surface area contributed by atoms with Crippen LogP contribution in [0.25, 0.3) is 0 Å². The van der Waals surface area contributed by atoms with Crippen molar-refractivity contribution in [2.45, 2.75) is 63.6 Å². The summed E-state index contributed by atoms with van der Waals surface area (Å²) in [6.07, 6.45) is 5.00. The van der Waals surface area contributed by atoms with Crippen molar-refractivity contribution in [3.63, 3.8) is 0 Å². The highest BCUT2D eigenvalue weighted by molar-refractivity contribution is 5.80. The molecule has 1 aliphatic carbocycles. The van der Waals surface area contributed by atoms with Crippen LogP contribution in [0.2, 0.25) is 0 Å². The molecule has 1 amide bonds. The van der Waals surface area contributed by atoms with Gasteiger partial charge in [-0.15, -0.1) is 0 Å². The highest BCUT2D eigenvalue weighted by Crippen LogP contribution is 2.45. The van der Waals surface area contributed by atoms with E-state index in [1.54, 1.807) is 0 Å². The number of ether oxygens (including phenoxy) is 4. The monoisotopic (exact) mass is 458 g/mol. The molecule has 180 valence electrons. The number of allylic oxidation sites excluding steroid dienone is 2. The van der Waals surface area contributed by atoms with Crippen LogP contribution in [-0.4, -0.2) is 66.6 Å². The first-order chi connectivity index (χ1) is 16.0. The van der Waals surface area contributed by atoms with Crippen LogP contribution in [0, 0.1) is 0 Å². The van der Waals surface area contributed by atoms with Crippen molar-refractivity contribution in [1.82, 2.24) is 15.2 Å². The molecule has 5 aliphatic rings. The number of amides is 1. The second-order valence-corrected chi connectivity index (χ2v) is 9.56. The zero-order valence-electron chi connectivity index (χ0n) is 19.6. The van der Waals surface area contributed by atoms with Crippen LogP contribution in [0.15, 0.2) is 23.6 Å². The van der Waals surface area contributed by atoms with E-state index in [-0.39, 0.29) is 23.7 Å². The van der Waals surface area contributed by atoms with Crippen LogP contribution < -0.4 is 15.4 Å². The summed E-state index contributed by atoms with van der Waals surface area (Å²) in [6.45, 7) is 7.60. The summed E-state index contributed by atoms with van der Waals surface area (Å²) in [5.74, 6) is 2.36. The number of fused-ring (bicyclic) bond motifs is 4.